The minimum Gasteiger partial charge on any atom is -0.0819 e. The highest BCUT2D eigenvalue weighted by Gasteiger charge is 2.22. The Bertz CT molecular complexity index is 876. The second-order valence-corrected chi connectivity index (χ2v) is 7.37. The molecule has 0 fully saturated rings. The van der Waals surface area contributed by atoms with Crippen LogP contribution in [-0.2, 0) is 0 Å². The van der Waals surface area contributed by atoms with Gasteiger partial charge in [0.05, 0.1) is 25.1 Å². The number of rotatable bonds is 1. The van der Waals surface area contributed by atoms with Crippen molar-refractivity contribution in [3.05, 3.63) is 66.0 Å². The summed E-state index contributed by atoms with van der Waals surface area (Å²) in [4.78, 5) is 0. The van der Waals surface area contributed by atoms with Crippen LogP contribution in [0.4, 0.5) is 0 Å². The van der Waals surface area contributed by atoms with E-state index < -0.39 is 0 Å². The number of halogens is 6. The van der Waals surface area contributed by atoms with Crippen LogP contribution >= 0.6 is 73.9 Å². The summed E-state index contributed by atoms with van der Waals surface area (Å²) in [6, 6.07) is 11.9. The molecule has 112 valence electrons. The molecule has 3 aromatic rings. The fourth-order valence-corrected chi connectivity index (χ4v) is 4.15. The van der Waals surface area contributed by atoms with Gasteiger partial charge in [-0.3, -0.25) is 0 Å². The average Bonchev–Trinajstić information content (AvgIpc) is 2.51. The van der Waals surface area contributed by atoms with E-state index in [1.807, 2.05) is 36.4 Å². The predicted molar refractivity (Wildman–Crippen MR) is 102 cm³/mol. The maximum Gasteiger partial charge on any atom is 0.0809 e. The molecule has 0 amide bonds. The van der Waals surface area contributed by atoms with Crippen LogP contribution in [0.1, 0.15) is 0 Å². The van der Waals surface area contributed by atoms with Crippen LogP contribution in [0.2, 0.25) is 25.1 Å². The van der Waals surface area contributed by atoms with Crippen LogP contribution in [0.5, 0.6) is 0 Å². The Morgan fingerprint density at radius 3 is 1.64 bits per heavy atom. The Balaban J connectivity index is 2.39. The van der Waals surface area contributed by atoms with Crippen LogP contribution < -0.4 is 0 Å². The van der Waals surface area contributed by atoms with Crippen LogP contribution in [0.25, 0.3) is 21.9 Å². The van der Waals surface area contributed by atoms with E-state index in [4.69, 9.17) is 58.0 Å². The summed E-state index contributed by atoms with van der Waals surface area (Å²) in [6.07, 6.45) is 0. The molecular weight excluding hydrogens is 449 g/mol. The zero-order valence-electron chi connectivity index (χ0n) is 10.7. The standard InChI is InChI=1S/C16H6BrCl5/c17-10-6-8-4-2-1-3-7(8)5-9(10)11-12(18)14(20)16(22)15(21)13(11)19/h1-6H. The summed E-state index contributed by atoms with van der Waals surface area (Å²) in [5.41, 5.74) is 1.36. The first-order valence-corrected chi connectivity index (χ1v) is 8.80. The van der Waals surface area contributed by atoms with Gasteiger partial charge in [0, 0.05) is 10.0 Å². The van der Waals surface area contributed by atoms with E-state index in [9.17, 15) is 0 Å². The van der Waals surface area contributed by atoms with Gasteiger partial charge < -0.3 is 0 Å². The van der Waals surface area contributed by atoms with E-state index >= 15 is 0 Å². The SMILES string of the molecule is Clc1c(Cl)c(Cl)c(-c2cc3ccccc3cc2Br)c(Cl)c1Cl. The second-order valence-electron chi connectivity index (χ2n) is 4.62. The third-order valence-electron chi connectivity index (χ3n) is 3.31. The maximum atomic E-state index is 6.35. The molecule has 0 aliphatic rings. The summed E-state index contributed by atoms with van der Waals surface area (Å²) in [7, 11) is 0. The van der Waals surface area contributed by atoms with Gasteiger partial charge in [-0.2, -0.15) is 0 Å². The lowest BCUT2D eigenvalue weighted by molar-refractivity contribution is 1.61. The molecular formula is C16H6BrCl5. The lowest BCUT2D eigenvalue weighted by atomic mass is 10.0. The van der Waals surface area contributed by atoms with Crippen LogP contribution in [0.15, 0.2) is 40.9 Å². The zero-order chi connectivity index (χ0) is 16.0. The minimum atomic E-state index is 0.152. The minimum absolute atomic E-state index is 0.152. The molecule has 6 heteroatoms. The highest BCUT2D eigenvalue weighted by atomic mass is 79.9. The lowest BCUT2D eigenvalue weighted by Gasteiger charge is -2.15. The number of hydrogen-bond acceptors (Lipinski definition) is 0. The van der Waals surface area contributed by atoms with Crippen molar-refractivity contribution in [3.8, 4) is 11.1 Å². The first kappa shape index (κ1) is 16.7. The number of fused-ring (bicyclic) bond motifs is 1. The van der Waals surface area contributed by atoms with Crippen LogP contribution in [0.3, 0.4) is 0 Å². The van der Waals surface area contributed by atoms with Gasteiger partial charge in [0.1, 0.15) is 0 Å². The molecule has 0 saturated heterocycles. The molecule has 3 aromatic carbocycles. The fraction of sp³-hybridized carbons (Fsp3) is 0. The lowest BCUT2D eigenvalue weighted by Crippen LogP contribution is -1.88. The van der Waals surface area contributed by atoms with Crippen molar-refractivity contribution in [1.29, 1.82) is 0 Å². The first-order valence-electron chi connectivity index (χ1n) is 6.12. The van der Waals surface area contributed by atoms with E-state index in [0.29, 0.717) is 5.56 Å². The maximum absolute atomic E-state index is 6.35. The molecule has 0 spiro atoms. The summed E-state index contributed by atoms with van der Waals surface area (Å²) in [5, 5.41) is 3.22. The third-order valence-corrected chi connectivity index (χ3v) is 6.25. The van der Waals surface area contributed by atoms with E-state index in [0.717, 1.165) is 20.8 Å². The van der Waals surface area contributed by atoms with E-state index in [1.54, 1.807) is 0 Å². The first-order chi connectivity index (χ1) is 10.4. The Morgan fingerprint density at radius 1 is 0.636 bits per heavy atom. The molecule has 0 aliphatic carbocycles. The summed E-state index contributed by atoms with van der Waals surface area (Å²) >= 11 is 34.6. The molecule has 0 nitrogen and oxygen atoms in total. The van der Waals surface area contributed by atoms with E-state index in [-0.39, 0.29) is 25.1 Å². The van der Waals surface area contributed by atoms with Crippen LogP contribution in [0, 0.1) is 0 Å². The highest BCUT2D eigenvalue weighted by molar-refractivity contribution is 9.10. The summed E-state index contributed by atoms with van der Waals surface area (Å²) in [5.74, 6) is 0. The topological polar surface area (TPSA) is 0 Å². The van der Waals surface area contributed by atoms with Crippen molar-refractivity contribution >= 4 is 84.7 Å². The fourth-order valence-electron chi connectivity index (χ4n) is 2.25. The Morgan fingerprint density at radius 2 is 1.09 bits per heavy atom. The van der Waals surface area contributed by atoms with Gasteiger partial charge in [-0.15, -0.1) is 0 Å². The molecule has 0 heterocycles. The van der Waals surface area contributed by atoms with E-state index in [2.05, 4.69) is 15.9 Å². The molecule has 0 aromatic heterocycles. The van der Waals surface area contributed by atoms with E-state index in [1.165, 1.54) is 0 Å². The van der Waals surface area contributed by atoms with Gasteiger partial charge in [-0.1, -0.05) is 98.2 Å². The zero-order valence-corrected chi connectivity index (χ0v) is 16.1. The van der Waals surface area contributed by atoms with Crippen molar-refractivity contribution in [2.45, 2.75) is 0 Å². The second kappa shape index (κ2) is 6.39. The number of hydrogen-bond donors (Lipinski definition) is 0. The van der Waals surface area contributed by atoms with Crippen molar-refractivity contribution in [3.63, 3.8) is 0 Å². The van der Waals surface area contributed by atoms with Gasteiger partial charge in [0.15, 0.2) is 0 Å². The highest BCUT2D eigenvalue weighted by Crippen LogP contribution is 2.50. The van der Waals surface area contributed by atoms with Crippen molar-refractivity contribution in [2.24, 2.45) is 0 Å². The quantitative estimate of drug-likeness (QED) is 0.255. The third kappa shape index (κ3) is 2.73. The summed E-state index contributed by atoms with van der Waals surface area (Å²) in [6.45, 7) is 0. The largest absolute Gasteiger partial charge is 0.0819 e. The molecule has 0 atom stereocenters. The van der Waals surface area contributed by atoms with Gasteiger partial charge in [-0.25, -0.2) is 0 Å². The van der Waals surface area contributed by atoms with Crippen molar-refractivity contribution in [1.82, 2.24) is 0 Å². The van der Waals surface area contributed by atoms with Crippen LogP contribution in [-0.4, -0.2) is 0 Å². The Hall–Kier alpha value is -0.150. The van der Waals surface area contributed by atoms with Gasteiger partial charge >= 0.3 is 0 Å². The molecule has 0 N–H and O–H groups in total. The Labute approximate surface area is 161 Å². The molecule has 0 saturated carbocycles. The van der Waals surface area contributed by atoms with Gasteiger partial charge in [-0.05, 0) is 28.5 Å². The van der Waals surface area contributed by atoms with Gasteiger partial charge in [0.2, 0.25) is 0 Å². The number of benzene rings is 3. The monoisotopic (exact) mass is 452 g/mol. The Kier molecular flexibility index (Phi) is 4.85. The molecule has 0 bridgehead atoms. The van der Waals surface area contributed by atoms with Crippen molar-refractivity contribution in [2.75, 3.05) is 0 Å². The van der Waals surface area contributed by atoms with Crippen molar-refractivity contribution < 1.29 is 0 Å². The molecule has 0 radical (unpaired) electrons. The smallest absolute Gasteiger partial charge is 0.0809 e. The molecule has 22 heavy (non-hydrogen) atoms. The normalized spacial score (nSPS) is 11.2. The molecule has 3 rings (SSSR count). The van der Waals surface area contributed by atoms with Gasteiger partial charge in [0.25, 0.3) is 0 Å². The average molecular weight is 455 g/mol. The molecule has 0 unspecified atom stereocenters. The summed E-state index contributed by atoms with van der Waals surface area (Å²) < 4.78 is 0.837. The predicted octanol–water partition coefficient (Wildman–Crippen LogP) is 8.54. The molecule has 0 aliphatic heterocycles.